The number of rotatable bonds is 4. The molecule has 0 unspecified atom stereocenters. The predicted octanol–water partition coefficient (Wildman–Crippen LogP) is 5.98. The number of fused-ring (bicyclic) bond motifs is 1. The number of carbonyl (C=O) groups is 1. The molecule has 198 valence electrons. The third-order valence-electron chi connectivity index (χ3n) is 5.55. The molecule has 11 heteroatoms. The highest BCUT2D eigenvalue weighted by Gasteiger charge is 2.17. The van der Waals surface area contributed by atoms with Crippen LogP contribution in [0.5, 0.6) is 0 Å². The first-order valence-corrected chi connectivity index (χ1v) is 12.1. The second-order valence-electron chi connectivity index (χ2n) is 8.05. The fourth-order valence-corrected chi connectivity index (χ4v) is 4.15. The van der Waals surface area contributed by atoms with E-state index in [0.717, 1.165) is 4.57 Å². The van der Waals surface area contributed by atoms with E-state index >= 15 is 0 Å². The van der Waals surface area contributed by atoms with Crippen molar-refractivity contribution in [3.8, 4) is 5.69 Å². The van der Waals surface area contributed by atoms with Gasteiger partial charge in [0.1, 0.15) is 29.5 Å². The lowest BCUT2D eigenvalue weighted by molar-refractivity contribution is 0.102. The zero-order valence-electron chi connectivity index (χ0n) is 20.0. The summed E-state index contributed by atoms with van der Waals surface area (Å²) in [5, 5.41) is 12.5. The smallest absolute Gasteiger partial charge is 0.269 e. The van der Waals surface area contributed by atoms with Gasteiger partial charge in [0.2, 0.25) is 0 Å². The Labute approximate surface area is 231 Å². The van der Waals surface area contributed by atoms with Crippen LogP contribution in [0.15, 0.2) is 89.7 Å². The van der Waals surface area contributed by atoms with E-state index in [1.807, 2.05) is 0 Å². The largest absolute Gasteiger partial charge is 0.398 e. The summed E-state index contributed by atoms with van der Waals surface area (Å²) in [6.07, 6.45) is 0. The number of aliphatic hydroxyl groups is 1. The summed E-state index contributed by atoms with van der Waals surface area (Å²) in [7, 11) is 0. The maximum absolute atomic E-state index is 13.9. The highest BCUT2D eigenvalue weighted by atomic mass is 35.5. The quantitative estimate of drug-likeness (QED) is 0.231. The van der Waals surface area contributed by atoms with Crippen molar-refractivity contribution in [2.24, 2.45) is 0 Å². The molecule has 0 bridgehead atoms. The first kappa shape index (κ1) is 27.7. The van der Waals surface area contributed by atoms with Gasteiger partial charge >= 0.3 is 0 Å². The van der Waals surface area contributed by atoms with Gasteiger partial charge in [0.05, 0.1) is 32.5 Å². The number of aromatic nitrogens is 2. The summed E-state index contributed by atoms with van der Waals surface area (Å²) in [6.45, 7) is -0.465. The molecule has 0 aliphatic rings. The van der Waals surface area contributed by atoms with Crippen LogP contribution in [0.4, 0.5) is 20.2 Å². The predicted molar refractivity (Wildman–Crippen MR) is 148 cm³/mol. The molecule has 39 heavy (non-hydrogen) atoms. The van der Waals surface area contributed by atoms with Crippen LogP contribution in [0.1, 0.15) is 16.2 Å². The molecule has 4 N–H and O–H groups in total. The van der Waals surface area contributed by atoms with Crippen molar-refractivity contribution in [1.29, 1.82) is 0 Å². The van der Waals surface area contributed by atoms with Gasteiger partial charge in [-0.3, -0.25) is 14.2 Å². The van der Waals surface area contributed by atoms with E-state index in [0.29, 0.717) is 21.4 Å². The number of carbonyl (C=O) groups excluding carboxylic acids is 1. The molecule has 0 saturated carbocycles. The Kier molecular flexibility index (Phi) is 8.55. The van der Waals surface area contributed by atoms with E-state index in [1.165, 1.54) is 36.4 Å². The SMILES string of the molecule is Nc1cccc(F)c1C(=O)Nc1ccccc1Cl.O=c1c2c(F)cccc2nc(CO)n1-c1ccccc1Cl. The summed E-state index contributed by atoms with van der Waals surface area (Å²) in [6, 6.07) is 21.6. The number of nitrogens with zero attached hydrogens (tertiary/aromatic N) is 2. The highest BCUT2D eigenvalue weighted by Crippen LogP contribution is 2.24. The van der Waals surface area contributed by atoms with Gasteiger partial charge in [-0.1, -0.05) is 59.6 Å². The Morgan fingerprint density at radius 2 is 1.54 bits per heavy atom. The van der Waals surface area contributed by atoms with Gasteiger partial charge < -0.3 is 16.2 Å². The number of anilines is 2. The Hall–Kier alpha value is -4.31. The number of amides is 1. The first-order valence-electron chi connectivity index (χ1n) is 11.4. The second-order valence-corrected chi connectivity index (χ2v) is 8.86. The van der Waals surface area contributed by atoms with Crippen molar-refractivity contribution in [1.82, 2.24) is 9.55 Å². The minimum absolute atomic E-state index is 0.0829. The van der Waals surface area contributed by atoms with Crippen LogP contribution in [-0.4, -0.2) is 20.6 Å². The van der Waals surface area contributed by atoms with Crippen molar-refractivity contribution in [2.75, 3.05) is 11.1 Å². The number of benzene rings is 4. The Balaban J connectivity index is 0.000000183. The Bertz CT molecular complexity index is 1720. The number of nitrogens with two attached hydrogens (primary N) is 1. The lowest BCUT2D eigenvalue weighted by atomic mass is 10.1. The molecule has 1 amide bonds. The number of nitrogens with one attached hydrogen (secondary N) is 1. The van der Waals surface area contributed by atoms with Gasteiger partial charge in [0, 0.05) is 5.69 Å². The first-order chi connectivity index (χ1) is 18.7. The number of hydrogen-bond acceptors (Lipinski definition) is 5. The summed E-state index contributed by atoms with van der Waals surface area (Å²) in [4.78, 5) is 28.7. The maximum Gasteiger partial charge on any atom is 0.269 e. The number of hydrogen-bond donors (Lipinski definition) is 3. The monoisotopic (exact) mass is 568 g/mol. The van der Waals surface area contributed by atoms with Gasteiger partial charge in [0.25, 0.3) is 11.5 Å². The van der Waals surface area contributed by atoms with Crippen LogP contribution < -0.4 is 16.6 Å². The standard InChI is InChI=1S/C15H10ClFN2O2.C13H10ClFN2O/c16-9-4-1-2-7-12(9)19-13(8-20)18-11-6-3-5-10(17)14(11)15(19)21;14-8-4-1-2-7-11(8)17-13(18)12-9(15)5-3-6-10(12)16/h1-7,20H,8H2;1-7H,16H2,(H,17,18). The lowest BCUT2D eigenvalue weighted by Crippen LogP contribution is -2.25. The van der Waals surface area contributed by atoms with Crippen LogP contribution >= 0.6 is 23.2 Å². The molecular weight excluding hydrogens is 549 g/mol. The fourth-order valence-electron chi connectivity index (χ4n) is 3.75. The van der Waals surface area contributed by atoms with E-state index < -0.39 is 29.7 Å². The van der Waals surface area contributed by atoms with Gasteiger partial charge in [-0.2, -0.15) is 0 Å². The van der Waals surface area contributed by atoms with E-state index in [4.69, 9.17) is 28.9 Å². The fraction of sp³-hybridized carbons (Fsp3) is 0.0357. The van der Waals surface area contributed by atoms with Crippen molar-refractivity contribution in [3.63, 3.8) is 0 Å². The maximum atomic E-state index is 13.9. The molecule has 4 aromatic carbocycles. The minimum atomic E-state index is -0.667. The molecule has 7 nitrogen and oxygen atoms in total. The van der Waals surface area contributed by atoms with Gasteiger partial charge in [-0.05, 0) is 48.5 Å². The molecule has 0 aliphatic heterocycles. The van der Waals surface area contributed by atoms with E-state index in [1.54, 1.807) is 48.5 Å². The summed E-state index contributed by atoms with van der Waals surface area (Å²) in [5.41, 5.74) is 5.84. The van der Waals surface area contributed by atoms with Crippen LogP contribution in [0.3, 0.4) is 0 Å². The second kappa shape index (κ2) is 12.0. The zero-order chi connectivity index (χ0) is 28.1. The third-order valence-corrected chi connectivity index (χ3v) is 6.20. The average Bonchev–Trinajstić information content (AvgIpc) is 2.91. The Morgan fingerprint density at radius 3 is 2.21 bits per heavy atom. The molecule has 0 aliphatic carbocycles. The van der Waals surface area contributed by atoms with Crippen molar-refractivity contribution >= 4 is 51.4 Å². The number of nitrogen functional groups attached to an aromatic ring is 1. The molecule has 5 aromatic rings. The lowest BCUT2D eigenvalue weighted by Gasteiger charge is -2.13. The number of aliphatic hydroxyl groups excluding tert-OH is 1. The van der Waals surface area contributed by atoms with Crippen LogP contribution in [0.25, 0.3) is 16.6 Å². The summed E-state index contributed by atoms with van der Waals surface area (Å²) in [5.74, 6) is -1.85. The minimum Gasteiger partial charge on any atom is -0.398 e. The van der Waals surface area contributed by atoms with Crippen LogP contribution in [0, 0.1) is 11.6 Å². The molecule has 0 atom stereocenters. The number of halogens is 4. The van der Waals surface area contributed by atoms with Gasteiger partial charge in [-0.15, -0.1) is 0 Å². The van der Waals surface area contributed by atoms with Crippen molar-refractivity contribution < 1.29 is 18.7 Å². The van der Waals surface area contributed by atoms with Crippen LogP contribution in [0.2, 0.25) is 10.0 Å². The Morgan fingerprint density at radius 1 is 0.897 bits per heavy atom. The highest BCUT2D eigenvalue weighted by molar-refractivity contribution is 6.34. The summed E-state index contributed by atoms with van der Waals surface area (Å²) < 4.78 is 28.6. The molecular formula is C28H20Cl2F2N4O3. The van der Waals surface area contributed by atoms with Gasteiger partial charge in [-0.25, -0.2) is 13.8 Å². The zero-order valence-corrected chi connectivity index (χ0v) is 21.5. The summed E-state index contributed by atoms with van der Waals surface area (Å²) >= 11 is 12.0. The molecule has 1 heterocycles. The van der Waals surface area contributed by atoms with E-state index in [-0.39, 0.29) is 28.0 Å². The number of para-hydroxylation sites is 2. The molecule has 0 saturated heterocycles. The van der Waals surface area contributed by atoms with E-state index in [2.05, 4.69) is 10.3 Å². The van der Waals surface area contributed by atoms with E-state index in [9.17, 15) is 23.5 Å². The van der Waals surface area contributed by atoms with Crippen molar-refractivity contribution in [3.05, 3.63) is 128 Å². The van der Waals surface area contributed by atoms with Crippen molar-refractivity contribution in [2.45, 2.75) is 6.61 Å². The molecule has 0 radical (unpaired) electrons. The average molecular weight is 569 g/mol. The van der Waals surface area contributed by atoms with Crippen LogP contribution in [-0.2, 0) is 6.61 Å². The molecule has 1 aromatic heterocycles. The van der Waals surface area contributed by atoms with Gasteiger partial charge in [0.15, 0.2) is 0 Å². The topological polar surface area (TPSA) is 110 Å². The normalized spacial score (nSPS) is 10.6. The molecule has 0 fully saturated rings. The molecule has 5 rings (SSSR count). The molecule has 0 spiro atoms. The third kappa shape index (κ3) is 5.91.